The van der Waals surface area contributed by atoms with Crippen LogP contribution in [0.1, 0.15) is 29.2 Å². The summed E-state index contributed by atoms with van der Waals surface area (Å²) in [5.41, 5.74) is 3.68. The normalized spacial score (nSPS) is 21.5. The first kappa shape index (κ1) is 18.9. The van der Waals surface area contributed by atoms with Crippen molar-refractivity contribution in [2.45, 2.75) is 31.2 Å². The van der Waals surface area contributed by atoms with Crippen molar-refractivity contribution in [3.05, 3.63) is 108 Å². The third-order valence-electron chi connectivity index (χ3n) is 6.23. The topological polar surface area (TPSA) is 32.8 Å². The molecule has 4 nitrogen and oxygen atoms in total. The van der Waals surface area contributed by atoms with Crippen LogP contribution in [0.4, 0.5) is 4.79 Å². The SMILES string of the molecule is O=C1O[C@H]2CN(C(c3ccccc3)c3ccccc3)CC[C@@H]2N1Cc1ccccc1. The maximum atomic E-state index is 12.6. The molecule has 0 saturated carbocycles. The number of carbonyl (C=O) groups excluding carboxylic acids is 1. The average Bonchev–Trinajstić information content (AvgIpc) is 3.10. The van der Waals surface area contributed by atoms with Crippen LogP contribution in [0, 0.1) is 0 Å². The fraction of sp³-hybridized carbons (Fsp3) is 0.269. The van der Waals surface area contributed by atoms with Gasteiger partial charge in [-0.25, -0.2) is 4.79 Å². The third-order valence-corrected chi connectivity index (χ3v) is 6.23. The minimum absolute atomic E-state index is 0.0927. The molecule has 0 spiro atoms. The Morgan fingerprint density at radius 2 is 1.40 bits per heavy atom. The quantitative estimate of drug-likeness (QED) is 0.615. The fourth-order valence-corrected chi connectivity index (χ4v) is 4.81. The summed E-state index contributed by atoms with van der Waals surface area (Å²) in [6.45, 7) is 2.29. The van der Waals surface area contributed by atoms with Crippen molar-refractivity contribution >= 4 is 6.09 Å². The van der Waals surface area contributed by atoms with E-state index in [0.717, 1.165) is 25.1 Å². The van der Waals surface area contributed by atoms with E-state index < -0.39 is 0 Å². The van der Waals surface area contributed by atoms with Crippen LogP contribution < -0.4 is 0 Å². The molecule has 0 aliphatic carbocycles. The zero-order valence-electron chi connectivity index (χ0n) is 16.9. The molecule has 2 saturated heterocycles. The van der Waals surface area contributed by atoms with E-state index in [1.165, 1.54) is 11.1 Å². The van der Waals surface area contributed by atoms with Crippen molar-refractivity contribution in [3.63, 3.8) is 0 Å². The summed E-state index contributed by atoms with van der Waals surface area (Å²) in [7, 11) is 0. The summed E-state index contributed by atoms with van der Waals surface area (Å²) in [5.74, 6) is 0. The number of fused-ring (bicyclic) bond motifs is 1. The third kappa shape index (κ3) is 3.71. The molecule has 2 atom stereocenters. The first-order chi connectivity index (χ1) is 14.8. The number of likely N-dealkylation sites (tertiary alicyclic amines) is 1. The van der Waals surface area contributed by atoms with Crippen molar-refractivity contribution in [1.82, 2.24) is 9.80 Å². The Hall–Kier alpha value is -3.11. The standard InChI is InChI=1S/C26H26N2O2/c29-26-28(18-20-10-4-1-5-11-20)23-16-17-27(19-24(23)30-26)25(21-12-6-2-7-13-21)22-14-8-3-9-15-22/h1-15,23-25H,16-19H2/t23-,24-/m0/s1. The fourth-order valence-electron chi connectivity index (χ4n) is 4.81. The van der Waals surface area contributed by atoms with Gasteiger partial charge >= 0.3 is 6.09 Å². The van der Waals surface area contributed by atoms with E-state index in [2.05, 4.69) is 77.7 Å². The van der Waals surface area contributed by atoms with Crippen LogP contribution in [0.25, 0.3) is 0 Å². The number of hydrogen-bond acceptors (Lipinski definition) is 3. The predicted octanol–water partition coefficient (Wildman–Crippen LogP) is 4.87. The van der Waals surface area contributed by atoms with Crippen molar-refractivity contribution in [2.24, 2.45) is 0 Å². The maximum Gasteiger partial charge on any atom is 0.410 e. The highest BCUT2D eigenvalue weighted by molar-refractivity contribution is 5.71. The van der Waals surface area contributed by atoms with Crippen LogP contribution in [0.15, 0.2) is 91.0 Å². The molecule has 0 N–H and O–H groups in total. The molecule has 0 radical (unpaired) electrons. The molecule has 2 heterocycles. The van der Waals surface area contributed by atoms with Gasteiger partial charge in [0.1, 0.15) is 6.10 Å². The summed E-state index contributed by atoms with van der Waals surface area (Å²) in [4.78, 5) is 17.0. The van der Waals surface area contributed by atoms with Crippen LogP contribution in [0.5, 0.6) is 0 Å². The van der Waals surface area contributed by atoms with Gasteiger partial charge in [0, 0.05) is 19.6 Å². The van der Waals surface area contributed by atoms with Gasteiger partial charge in [-0.2, -0.15) is 0 Å². The van der Waals surface area contributed by atoms with E-state index in [9.17, 15) is 4.79 Å². The smallest absolute Gasteiger partial charge is 0.410 e. The van der Waals surface area contributed by atoms with Gasteiger partial charge in [-0.1, -0.05) is 91.0 Å². The number of benzene rings is 3. The first-order valence-electron chi connectivity index (χ1n) is 10.6. The molecule has 152 valence electrons. The number of rotatable bonds is 5. The number of hydrogen-bond donors (Lipinski definition) is 0. The monoisotopic (exact) mass is 398 g/mol. The maximum absolute atomic E-state index is 12.6. The van der Waals surface area contributed by atoms with Gasteiger partial charge in [-0.15, -0.1) is 0 Å². The zero-order chi connectivity index (χ0) is 20.3. The Labute approximate surface area is 177 Å². The lowest BCUT2D eigenvalue weighted by atomic mass is 9.92. The number of ether oxygens (including phenoxy) is 1. The van der Waals surface area contributed by atoms with E-state index in [1.54, 1.807) is 0 Å². The minimum Gasteiger partial charge on any atom is -0.443 e. The Bertz CT molecular complexity index is 938. The van der Waals surface area contributed by atoms with E-state index in [0.29, 0.717) is 6.54 Å². The molecule has 1 amide bonds. The zero-order valence-corrected chi connectivity index (χ0v) is 16.9. The van der Waals surface area contributed by atoms with Crippen molar-refractivity contribution in [1.29, 1.82) is 0 Å². The molecule has 2 fully saturated rings. The minimum atomic E-state index is -0.188. The largest absolute Gasteiger partial charge is 0.443 e. The van der Waals surface area contributed by atoms with E-state index in [4.69, 9.17) is 4.74 Å². The molecule has 0 unspecified atom stereocenters. The first-order valence-corrected chi connectivity index (χ1v) is 10.6. The van der Waals surface area contributed by atoms with Gasteiger partial charge < -0.3 is 4.74 Å². The lowest BCUT2D eigenvalue weighted by Crippen LogP contribution is -2.50. The Morgan fingerprint density at radius 1 is 0.833 bits per heavy atom. The number of nitrogens with zero attached hydrogens (tertiary/aromatic N) is 2. The highest BCUT2D eigenvalue weighted by atomic mass is 16.6. The number of carbonyl (C=O) groups is 1. The highest BCUT2D eigenvalue weighted by Crippen LogP contribution is 2.35. The average molecular weight is 399 g/mol. The predicted molar refractivity (Wildman–Crippen MR) is 117 cm³/mol. The van der Waals surface area contributed by atoms with Crippen LogP contribution in [-0.2, 0) is 11.3 Å². The molecular formula is C26H26N2O2. The summed E-state index contributed by atoms with van der Waals surface area (Å²) in [6, 6.07) is 31.7. The summed E-state index contributed by atoms with van der Waals surface area (Å²) < 4.78 is 5.85. The Kier molecular flexibility index (Phi) is 5.24. The second-order valence-electron chi connectivity index (χ2n) is 8.11. The van der Waals surface area contributed by atoms with Gasteiger partial charge in [0.25, 0.3) is 0 Å². The van der Waals surface area contributed by atoms with Gasteiger partial charge in [0.05, 0.1) is 12.1 Å². The summed E-state index contributed by atoms with van der Waals surface area (Å²) in [6.07, 6.45) is 0.635. The van der Waals surface area contributed by atoms with Crippen molar-refractivity contribution < 1.29 is 9.53 Å². The van der Waals surface area contributed by atoms with Gasteiger partial charge in [0.2, 0.25) is 0 Å². The van der Waals surface area contributed by atoms with Crippen LogP contribution in [0.2, 0.25) is 0 Å². The van der Waals surface area contributed by atoms with E-state index >= 15 is 0 Å². The van der Waals surface area contributed by atoms with Crippen molar-refractivity contribution in [3.8, 4) is 0 Å². The molecule has 4 heteroatoms. The molecule has 5 rings (SSSR count). The summed E-state index contributed by atoms with van der Waals surface area (Å²) in [5, 5.41) is 0. The second-order valence-corrected chi connectivity index (χ2v) is 8.11. The Balaban J connectivity index is 1.37. The van der Waals surface area contributed by atoms with Crippen molar-refractivity contribution in [2.75, 3.05) is 13.1 Å². The molecule has 0 bridgehead atoms. The van der Waals surface area contributed by atoms with E-state index in [-0.39, 0.29) is 24.3 Å². The lowest BCUT2D eigenvalue weighted by Gasteiger charge is -2.40. The second kappa shape index (κ2) is 8.33. The number of piperidine rings is 1. The van der Waals surface area contributed by atoms with Crippen LogP contribution >= 0.6 is 0 Å². The van der Waals surface area contributed by atoms with Gasteiger partial charge in [-0.3, -0.25) is 9.80 Å². The molecule has 0 aromatic heterocycles. The van der Waals surface area contributed by atoms with E-state index in [1.807, 2.05) is 23.1 Å². The summed E-state index contributed by atoms with van der Waals surface area (Å²) >= 11 is 0. The van der Waals surface area contributed by atoms with Gasteiger partial charge in [-0.05, 0) is 23.1 Å². The molecular weight excluding hydrogens is 372 g/mol. The van der Waals surface area contributed by atoms with Crippen LogP contribution in [0.3, 0.4) is 0 Å². The molecule has 2 aliphatic heterocycles. The molecule has 2 aliphatic rings. The van der Waals surface area contributed by atoms with Crippen LogP contribution in [-0.4, -0.2) is 41.1 Å². The Morgan fingerprint density at radius 3 is 2.00 bits per heavy atom. The highest BCUT2D eigenvalue weighted by Gasteiger charge is 2.46. The molecule has 30 heavy (non-hydrogen) atoms. The molecule has 3 aromatic rings. The molecule has 3 aromatic carbocycles. The van der Waals surface area contributed by atoms with Gasteiger partial charge in [0.15, 0.2) is 0 Å². The lowest BCUT2D eigenvalue weighted by molar-refractivity contribution is 0.0511. The number of amides is 1.